The van der Waals surface area contributed by atoms with Crippen molar-refractivity contribution in [2.75, 3.05) is 0 Å². The number of benzene rings is 2. The number of fused-ring (bicyclic) bond motifs is 1. The number of aryl methyl sites for hydroxylation is 2. The Bertz CT molecular complexity index is 813. The van der Waals surface area contributed by atoms with Crippen molar-refractivity contribution < 1.29 is 4.42 Å². The zero-order chi connectivity index (χ0) is 13.4. The number of rotatable bonds is 1. The molecule has 0 saturated heterocycles. The molecule has 0 aliphatic carbocycles. The lowest BCUT2D eigenvalue weighted by atomic mass is 10.0. The van der Waals surface area contributed by atoms with Crippen LogP contribution in [0.1, 0.15) is 11.1 Å². The van der Waals surface area contributed by atoms with Crippen molar-refractivity contribution in [3.05, 3.63) is 70.1 Å². The Morgan fingerprint density at radius 3 is 2.53 bits per heavy atom. The third kappa shape index (κ3) is 2.06. The molecule has 94 valence electrons. The van der Waals surface area contributed by atoms with E-state index in [1.807, 2.05) is 56.3 Å². The Hall–Kier alpha value is -2.35. The quantitative estimate of drug-likeness (QED) is 0.651. The van der Waals surface area contributed by atoms with Crippen LogP contribution in [0.5, 0.6) is 0 Å². The average Bonchev–Trinajstić information content (AvgIpc) is 2.40. The predicted molar refractivity (Wildman–Crippen MR) is 77.4 cm³/mol. The van der Waals surface area contributed by atoms with E-state index in [0.717, 1.165) is 16.7 Å². The van der Waals surface area contributed by atoms with Gasteiger partial charge in [-0.25, -0.2) is 0 Å². The molecule has 0 bridgehead atoms. The Balaban J connectivity index is 2.31. The molecule has 0 aliphatic heterocycles. The highest BCUT2D eigenvalue weighted by Crippen LogP contribution is 2.21. The van der Waals surface area contributed by atoms with Gasteiger partial charge in [0.15, 0.2) is 5.43 Å². The molecule has 0 amide bonds. The lowest BCUT2D eigenvalue weighted by Crippen LogP contribution is -2.05. The van der Waals surface area contributed by atoms with E-state index in [9.17, 15) is 4.79 Å². The van der Waals surface area contributed by atoms with Crippen molar-refractivity contribution in [2.24, 2.45) is 0 Å². The van der Waals surface area contributed by atoms with E-state index in [1.54, 1.807) is 6.26 Å². The summed E-state index contributed by atoms with van der Waals surface area (Å²) in [5.74, 6) is 0. The van der Waals surface area contributed by atoms with Gasteiger partial charge in [0.05, 0.1) is 10.9 Å². The van der Waals surface area contributed by atoms with Gasteiger partial charge < -0.3 is 4.42 Å². The van der Waals surface area contributed by atoms with E-state index in [2.05, 4.69) is 0 Å². The first-order valence-corrected chi connectivity index (χ1v) is 6.24. The van der Waals surface area contributed by atoms with Gasteiger partial charge in [-0.1, -0.05) is 41.5 Å². The van der Waals surface area contributed by atoms with E-state index in [0.29, 0.717) is 16.5 Å². The Morgan fingerprint density at radius 2 is 1.74 bits per heavy atom. The van der Waals surface area contributed by atoms with Gasteiger partial charge in [-0.05, 0) is 31.5 Å². The highest BCUT2D eigenvalue weighted by Gasteiger charge is 2.09. The summed E-state index contributed by atoms with van der Waals surface area (Å²) in [6.45, 7) is 3.98. The van der Waals surface area contributed by atoms with Crippen LogP contribution in [0.3, 0.4) is 0 Å². The first-order chi connectivity index (χ1) is 9.15. The molecule has 2 aromatic carbocycles. The minimum Gasteiger partial charge on any atom is -0.463 e. The van der Waals surface area contributed by atoms with Crippen LogP contribution in [0.2, 0.25) is 0 Å². The molecule has 2 nitrogen and oxygen atoms in total. The van der Waals surface area contributed by atoms with Crippen LogP contribution >= 0.6 is 0 Å². The molecule has 0 saturated carbocycles. The monoisotopic (exact) mass is 250 g/mol. The maximum atomic E-state index is 12.5. The molecule has 3 rings (SSSR count). The highest BCUT2D eigenvalue weighted by molar-refractivity contribution is 5.82. The molecule has 2 heteroatoms. The van der Waals surface area contributed by atoms with Gasteiger partial charge in [0, 0.05) is 0 Å². The topological polar surface area (TPSA) is 30.2 Å². The van der Waals surface area contributed by atoms with Crippen LogP contribution < -0.4 is 5.43 Å². The van der Waals surface area contributed by atoms with Crippen molar-refractivity contribution in [1.29, 1.82) is 0 Å². The maximum absolute atomic E-state index is 12.5. The van der Waals surface area contributed by atoms with Crippen LogP contribution in [0.25, 0.3) is 22.1 Å². The molecule has 19 heavy (non-hydrogen) atoms. The van der Waals surface area contributed by atoms with Gasteiger partial charge in [-0.2, -0.15) is 0 Å². The standard InChI is InChI=1S/C17H14O2/c1-11-4-3-5-13(8-11)15-10-19-16-7-6-12(2)9-14(16)17(15)18/h3-10H,1-2H3. The van der Waals surface area contributed by atoms with Gasteiger partial charge in [0.25, 0.3) is 0 Å². The molecular weight excluding hydrogens is 236 g/mol. The van der Waals surface area contributed by atoms with Gasteiger partial charge in [-0.15, -0.1) is 0 Å². The van der Waals surface area contributed by atoms with Crippen molar-refractivity contribution in [3.8, 4) is 11.1 Å². The summed E-state index contributed by atoms with van der Waals surface area (Å²) in [4.78, 5) is 12.5. The van der Waals surface area contributed by atoms with E-state index in [-0.39, 0.29) is 5.43 Å². The Labute approximate surface area is 111 Å². The van der Waals surface area contributed by atoms with Crippen LogP contribution in [-0.4, -0.2) is 0 Å². The summed E-state index contributed by atoms with van der Waals surface area (Å²) in [5.41, 5.74) is 4.35. The second-order valence-electron chi connectivity index (χ2n) is 4.85. The number of hydrogen-bond acceptors (Lipinski definition) is 2. The third-order valence-electron chi connectivity index (χ3n) is 3.26. The summed E-state index contributed by atoms with van der Waals surface area (Å²) in [5, 5.41) is 0.638. The number of hydrogen-bond donors (Lipinski definition) is 0. The largest absolute Gasteiger partial charge is 0.463 e. The molecule has 0 aliphatic rings. The fraction of sp³-hybridized carbons (Fsp3) is 0.118. The molecule has 1 heterocycles. The summed E-state index contributed by atoms with van der Waals surface area (Å²) in [6, 6.07) is 13.5. The molecule has 3 aromatic rings. The average molecular weight is 250 g/mol. The fourth-order valence-corrected chi connectivity index (χ4v) is 2.26. The van der Waals surface area contributed by atoms with Crippen molar-refractivity contribution in [2.45, 2.75) is 13.8 Å². The molecule has 0 fully saturated rings. The van der Waals surface area contributed by atoms with E-state index in [4.69, 9.17) is 4.42 Å². The van der Waals surface area contributed by atoms with Crippen LogP contribution in [-0.2, 0) is 0 Å². The van der Waals surface area contributed by atoms with E-state index >= 15 is 0 Å². The highest BCUT2D eigenvalue weighted by atomic mass is 16.3. The van der Waals surface area contributed by atoms with Gasteiger partial charge in [-0.3, -0.25) is 4.79 Å². The minimum absolute atomic E-state index is 0.0237. The second kappa shape index (κ2) is 4.39. The van der Waals surface area contributed by atoms with E-state index < -0.39 is 0 Å². The smallest absolute Gasteiger partial charge is 0.200 e. The SMILES string of the molecule is Cc1cccc(-c2coc3ccc(C)cc3c2=O)c1. The first kappa shape index (κ1) is 11.7. The second-order valence-corrected chi connectivity index (χ2v) is 4.85. The molecule has 0 spiro atoms. The minimum atomic E-state index is 0.0237. The van der Waals surface area contributed by atoms with E-state index in [1.165, 1.54) is 0 Å². The molecule has 0 atom stereocenters. The summed E-state index contributed by atoms with van der Waals surface area (Å²) in [6.07, 6.45) is 1.55. The lowest BCUT2D eigenvalue weighted by molar-refractivity contribution is 0.604. The predicted octanol–water partition coefficient (Wildman–Crippen LogP) is 4.08. The van der Waals surface area contributed by atoms with Crippen LogP contribution in [0.4, 0.5) is 0 Å². The zero-order valence-corrected chi connectivity index (χ0v) is 10.9. The molecule has 0 radical (unpaired) electrons. The lowest BCUT2D eigenvalue weighted by Gasteiger charge is -2.04. The van der Waals surface area contributed by atoms with Gasteiger partial charge in [0.2, 0.25) is 0 Å². The summed E-state index contributed by atoms with van der Waals surface area (Å²) in [7, 11) is 0. The summed E-state index contributed by atoms with van der Waals surface area (Å²) >= 11 is 0. The first-order valence-electron chi connectivity index (χ1n) is 6.24. The van der Waals surface area contributed by atoms with Gasteiger partial charge in [0.1, 0.15) is 11.8 Å². The van der Waals surface area contributed by atoms with Crippen molar-refractivity contribution in [1.82, 2.24) is 0 Å². The fourth-order valence-electron chi connectivity index (χ4n) is 2.26. The molecular formula is C17H14O2. The van der Waals surface area contributed by atoms with Crippen molar-refractivity contribution in [3.63, 3.8) is 0 Å². The molecule has 1 aromatic heterocycles. The third-order valence-corrected chi connectivity index (χ3v) is 3.26. The van der Waals surface area contributed by atoms with Crippen LogP contribution in [0.15, 0.2) is 57.9 Å². The Morgan fingerprint density at radius 1 is 0.947 bits per heavy atom. The maximum Gasteiger partial charge on any atom is 0.200 e. The molecule has 0 N–H and O–H groups in total. The van der Waals surface area contributed by atoms with Crippen molar-refractivity contribution >= 4 is 11.0 Å². The van der Waals surface area contributed by atoms with Crippen LogP contribution in [0, 0.1) is 13.8 Å². The normalized spacial score (nSPS) is 10.8. The Kier molecular flexibility index (Phi) is 2.71. The zero-order valence-electron chi connectivity index (χ0n) is 10.9. The van der Waals surface area contributed by atoms with Gasteiger partial charge >= 0.3 is 0 Å². The summed E-state index contributed by atoms with van der Waals surface area (Å²) < 4.78 is 5.57. The molecule has 0 unspecified atom stereocenters.